The van der Waals surface area contributed by atoms with Crippen molar-refractivity contribution in [2.24, 2.45) is 0 Å². The summed E-state index contributed by atoms with van der Waals surface area (Å²) >= 11 is 1.64. The number of anilines is 1. The number of para-hydroxylation sites is 1. The van der Waals surface area contributed by atoms with E-state index in [9.17, 15) is 4.79 Å². The molecule has 0 aromatic heterocycles. The molecular weight excluding hydrogens is 390 g/mol. The standard InChI is InChI=1S/C26H27NO2S/c1-2-24(29-21-17-16-19-10-6-7-11-20(19)18-21)26(28)27-23-14-8-9-15-25(23)30-22-12-4-3-5-13-22/h3-5,8-9,12-18,24H,2,6-7,10-11H2,1H3,(H,27,28)/t24-/m0/s1. The van der Waals surface area contributed by atoms with Gasteiger partial charge in [-0.15, -0.1) is 0 Å². The first-order valence-electron chi connectivity index (χ1n) is 10.6. The van der Waals surface area contributed by atoms with Crippen LogP contribution in [0.4, 0.5) is 5.69 Å². The van der Waals surface area contributed by atoms with Crippen molar-refractivity contribution in [2.75, 3.05) is 5.32 Å². The quantitative estimate of drug-likeness (QED) is 0.476. The predicted octanol–water partition coefficient (Wildman–Crippen LogP) is 6.51. The van der Waals surface area contributed by atoms with Gasteiger partial charge < -0.3 is 10.1 Å². The Bertz CT molecular complexity index is 1000. The van der Waals surface area contributed by atoms with Crippen LogP contribution >= 0.6 is 11.8 Å². The summed E-state index contributed by atoms with van der Waals surface area (Å²) < 4.78 is 6.10. The van der Waals surface area contributed by atoms with Crippen LogP contribution in [0.3, 0.4) is 0 Å². The molecule has 4 rings (SSSR count). The molecule has 1 atom stereocenters. The fourth-order valence-electron chi connectivity index (χ4n) is 3.76. The van der Waals surface area contributed by atoms with Crippen molar-refractivity contribution in [1.29, 1.82) is 0 Å². The zero-order chi connectivity index (χ0) is 20.8. The van der Waals surface area contributed by atoms with E-state index in [-0.39, 0.29) is 5.91 Å². The van der Waals surface area contributed by atoms with E-state index < -0.39 is 6.10 Å². The van der Waals surface area contributed by atoms with Crippen LogP contribution in [0.2, 0.25) is 0 Å². The Hall–Kier alpha value is -2.72. The molecule has 3 nitrogen and oxygen atoms in total. The second-order valence-electron chi connectivity index (χ2n) is 7.55. The lowest BCUT2D eigenvalue weighted by atomic mass is 9.92. The summed E-state index contributed by atoms with van der Waals surface area (Å²) in [5.41, 5.74) is 3.58. The minimum absolute atomic E-state index is 0.115. The normalized spacial score (nSPS) is 13.9. The Kier molecular flexibility index (Phi) is 6.75. The van der Waals surface area contributed by atoms with Crippen molar-refractivity contribution in [3.05, 3.63) is 83.9 Å². The highest BCUT2D eigenvalue weighted by Gasteiger charge is 2.20. The molecule has 3 aromatic carbocycles. The molecule has 0 spiro atoms. The number of aryl methyl sites for hydroxylation is 2. The number of ether oxygens (including phenoxy) is 1. The van der Waals surface area contributed by atoms with Gasteiger partial charge in [0.2, 0.25) is 0 Å². The summed E-state index contributed by atoms with van der Waals surface area (Å²) in [5.74, 6) is 0.668. The maximum absolute atomic E-state index is 13.0. The number of benzene rings is 3. The molecule has 30 heavy (non-hydrogen) atoms. The van der Waals surface area contributed by atoms with E-state index in [1.807, 2.05) is 55.5 Å². The first kappa shape index (κ1) is 20.5. The molecule has 0 bridgehead atoms. The molecule has 4 heteroatoms. The zero-order valence-electron chi connectivity index (χ0n) is 17.3. The number of hydrogen-bond acceptors (Lipinski definition) is 3. The molecule has 3 aromatic rings. The number of nitrogens with one attached hydrogen (secondary N) is 1. The Morgan fingerprint density at radius 2 is 1.70 bits per heavy atom. The van der Waals surface area contributed by atoms with Gasteiger partial charge in [0, 0.05) is 9.79 Å². The molecule has 0 saturated carbocycles. The van der Waals surface area contributed by atoms with E-state index in [1.54, 1.807) is 11.8 Å². The lowest BCUT2D eigenvalue weighted by Crippen LogP contribution is -2.32. The van der Waals surface area contributed by atoms with Crippen molar-refractivity contribution < 1.29 is 9.53 Å². The van der Waals surface area contributed by atoms with Crippen LogP contribution in [0.5, 0.6) is 5.75 Å². The molecule has 1 amide bonds. The van der Waals surface area contributed by atoms with Crippen LogP contribution in [0.15, 0.2) is 82.6 Å². The Balaban J connectivity index is 1.46. The molecule has 0 aliphatic heterocycles. The lowest BCUT2D eigenvalue weighted by molar-refractivity contribution is -0.122. The molecule has 0 heterocycles. The van der Waals surface area contributed by atoms with Gasteiger partial charge in [0.1, 0.15) is 5.75 Å². The Morgan fingerprint density at radius 3 is 2.50 bits per heavy atom. The van der Waals surface area contributed by atoms with Crippen molar-refractivity contribution in [3.63, 3.8) is 0 Å². The smallest absolute Gasteiger partial charge is 0.265 e. The predicted molar refractivity (Wildman–Crippen MR) is 123 cm³/mol. The van der Waals surface area contributed by atoms with E-state index >= 15 is 0 Å². The molecular formula is C26H27NO2S. The highest BCUT2D eigenvalue weighted by atomic mass is 32.2. The minimum atomic E-state index is -0.526. The molecule has 1 aliphatic carbocycles. The lowest BCUT2D eigenvalue weighted by Gasteiger charge is -2.21. The number of fused-ring (bicyclic) bond motifs is 1. The molecule has 1 N–H and O–H groups in total. The minimum Gasteiger partial charge on any atom is -0.481 e. The Labute approximate surface area is 182 Å². The van der Waals surface area contributed by atoms with Gasteiger partial charge >= 0.3 is 0 Å². The fraction of sp³-hybridized carbons (Fsp3) is 0.269. The van der Waals surface area contributed by atoms with Crippen LogP contribution in [-0.2, 0) is 17.6 Å². The molecule has 1 aliphatic rings. The summed E-state index contributed by atoms with van der Waals surface area (Å²) in [6.45, 7) is 1.98. The van der Waals surface area contributed by atoms with Crippen LogP contribution in [0, 0.1) is 0 Å². The third-order valence-corrected chi connectivity index (χ3v) is 6.46. The van der Waals surface area contributed by atoms with Gasteiger partial charge in [0.25, 0.3) is 5.91 Å². The van der Waals surface area contributed by atoms with Gasteiger partial charge in [-0.1, -0.05) is 55.1 Å². The van der Waals surface area contributed by atoms with Crippen LogP contribution < -0.4 is 10.1 Å². The third kappa shape index (κ3) is 5.06. The van der Waals surface area contributed by atoms with Crippen molar-refractivity contribution >= 4 is 23.4 Å². The number of carbonyl (C=O) groups excluding carboxylic acids is 1. The topological polar surface area (TPSA) is 38.3 Å². The van der Waals surface area contributed by atoms with Crippen LogP contribution in [-0.4, -0.2) is 12.0 Å². The van der Waals surface area contributed by atoms with Gasteiger partial charge in [-0.25, -0.2) is 0 Å². The second kappa shape index (κ2) is 9.86. The van der Waals surface area contributed by atoms with Crippen molar-refractivity contribution in [1.82, 2.24) is 0 Å². The number of hydrogen-bond donors (Lipinski definition) is 1. The van der Waals surface area contributed by atoms with Gasteiger partial charge in [0.15, 0.2) is 6.10 Å². The Morgan fingerprint density at radius 1 is 0.967 bits per heavy atom. The maximum atomic E-state index is 13.0. The van der Waals surface area contributed by atoms with E-state index in [4.69, 9.17) is 4.74 Å². The number of amides is 1. The van der Waals surface area contributed by atoms with Crippen LogP contribution in [0.25, 0.3) is 0 Å². The van der Waals surface area contributed by atoms with Gasteiger partial charge in [0.05, 0.1) is 5.69 Å². The van der Waals surface area contributed by atoms with Crippen molar-refractivity contribution in [3.8, 4) is 5.75 Å². The highest BCUT2D eigenvalue weighted by Crippen LogP contribution is 2.33. The van der Waals surface area contributed by atoms with Gasteiger partial charge in [-0.2, -0.15) is 0 Å². The summed E-state index contributed by atoms with van der Waals surface area (Å²) in [4.78, 5) is 15.1. The third-order valence-electron chi connectivity index (χ3n) is 5.38. The fourth-order valence-corrected chi connectivity index (χ4v) is 4.68. The number of rotatable bonds is 7. The molecule has 0 radical (unpaired) electrons. The molecule has 0 saturated heterocycles. The average molecular weight is 418 g/mol. The molecule has 0 unspecified atom stereocenters. The van der Waals surface area contributed by atoms with Gasteiger partial charge in [-0.05, 0) is 79.6 Å². The maximum Gasteiger partial charge on any atom is 0.265 e. The van der Waals surface area contributed by atoms with E-state index in [1.165, 1.54) is 24.0 Å². The molecule has 0 fully saturated rings. The van der Waals surface area contributed by atoms with Gasteiger partial charge in [-0.3, -0.25) is 4.79 Å². The summed E-state index contributed by atoms with van der Waals surface area (Å²) in [6.07, 6.45) is 4.80. The number of carbonyl (C=O) groups is 1. The summed E-state index contributed by atoms with van der Waals surface area (Å²) in [7, 11) is 0. The zero-order valence-corrected chi connectivity index (χ0v) is 18.1. The van der Waals surface area contributed by atoms with E-state index in [2.05, 4.69) is 29.6 Å². The first-order valence-corrected chi connectivity index (χ1v) is 11.5. The van der Waals surface area contributed by atoms with Crippen molar-refractivity contribution in [2.45, 2.75) is 54.9 Å². The average Bonchev–Trinajstić information content (AvgIpc) is 2.79. The SMILES string of the molecule is CC[C@H](Oc1ccc2c(c1)CCCC2)C(=O)Nc1ccccc1Sc1ccccc1. The molecule has 154 valence electrons. The summed E-state index contributed by atoms with van der Waals surface area (Å²) in [6, 6.07) is 24.3. The monoisotopic (exact) mass is 417 g/mol. The highest BCUT2D eigenvalue weighted by molar-refractivity contribution is 7.99. The second-order valence-corrected chi connectivity index (χ2v) is 8.67. The first-order chi connectivity index (χ1) is 14.7. The van der Waals surface area contributed by atoms with E-state index in [0.717, 1.165) is 34.1 Å². The van der Waals surface area contributed by atoms with Crippen LogP contribution in [0.1, 0.15) is 37.3 Å². The largest absolute Gasteiger partial charge is 0.481 e. The van der Waals surface area contributed by atoms with E-state index in [0.29, 0.717) is 6.42 Å². The summed E-state index contributed by atoms with van der Waals surface area (Å²) in [5, 5.41) is 3.08.